The summed E-state index contributed by atoms with van der Waals surface area (Å²) in [4.78, 5) is 6.70. The second-order valence-electron chi connectivity index (χ2n) is 5.30. The Labute approximate surface area is 129 Å². The summed E-state index contributed by atoms with van der Waals surface area (Å²) >= 11 is 0. The zero-order chi connectivity index (χ0) is 15.4. The number of nitrogens with zero attached hydrogens (tertiary/aromatic N) is 3. The smallest absolute Gasteiger partial charge is 0.250 e. The van der Waals surface area contributed by atoms with Gasteiger partial charge in [-0.1, -0.05) is 17.3 Å². The van der Waals surface area contributed by atoms with Gasteiger partial charge < -0.3 is 14.6 Å². The highest BCUT2D eigenvalue weighted by Gasteiger charge is 2.24. The Balaban J connectivity index is 1.69. The summed E-state index contributed by atoms with van der Waals surface area (Å²) in [5.74, 6) is 2.08. The van der Waals surface area contributed by atoms with Crippen LogP contribution in [0.15, 0.2) is 28.8 Å². The fourth-order valence-corrected chi connectivity index (χ4v) is 2.43. The molecule has 3 rings (SSSR count). The highest BCUT2D eigenvalue weighted by atomic mass is 16.5. The molecule has 1 saturated heterocycles. The number of hydrogen-bond donors (Lipinski definition) is 1. The van der Waals surface area contributed by atoms with Crippen LogP contribution in [0.3, 0.4) is 0 Å². The van der Waals surface area contributed by atoms with E-state index in [-0.39, 0.29) is 6.04 Å². The molecule has 1 N–H and O–H groups in total. The van der Waals surface area contributed by atoms with Crippen molar-refractivity contribution in [2.75, 3.05) is 33.8 Å². The average Bonchev–Trinajstić information content (AvgIpc) is 3.02. The van der Waals surface area contributed by atoms with Gasteiger partial charge in [-0.25, -0.2) is 0 Å². The van der Waals surface area contributed by atoms with Gasteiger partial charge in [0, 0.05) is 25.7 Å². The number of methoxy groups -OCH3 is 1. The lowest BCUT2D eigenvalue weighted by Crippen LogP contribution is -2.44. The van der Waals surface area contributed by atoms with Gasteiger partial charge in [0.05, 0.1) is 13.2 Å². The van der Waals surface area contributed by atoms with E-state index in [0.29, 0.717) is 5.89 Å². The molecule has 1 aliphatic heterocycles. The maximum absolute atomic E-state index is 5.31. The number of benzene rings is 1. The van der Waals surface area contributed by atoms with Crippen molar-refractivity contribution >= 4 is 12.2 Å². The van der Waals surface area contributed by atoms with Crippen LogP contribution in [0.2, 0.25) is 0 Å². The topological polar surface area (TPSA) is 63.4 Å². The van der Waals surface area contributed by atoms with Crippen LogP contribution in [-0.2, 0) is 0 Å². The molecule has 0 bridgehead atoms. The third kappa shape index (κ3) is 3.35. The maximum Gasteiger partial charge on any atom is 0.250 e. The molecule has 1 unspecified atom stereocenters. The molecule has 1 fully saturated rings. The van der Waals surface area contributed by atoms with Crippen LogP contribution in [0.25, 0.3) is 12.2 Å². The minimum absolute atomic E-state index is 0.167. The number of ether oxygens (including phenoxy) is 1. The normalized spacial score (nSPS) is 19.6. The Morgan fingerprint density at radius 3 is 2.86 bits per heavy atom. The fourth-order valence-electron chi connectivity index (χ4n) is 2.43. The van der Waals surface area contributed by atoms with E-state index in [9.17, 15) is 0 Å². The van der Waals surface area contributed by atoms with E-state index in [4.69, 9.17) is 9.26 Å². The average molecular weight is 300 g/mol. The lowest BCUT2D eigenvalue weighted by molar-refractivity contribution is 0.190. The lowest BCUT2D eigenvalue weighted by Gasteiger charge is -2.30. The number of piperazine rings is 1. The van der Waals surface area contributed by atoms with E-state index >= 15 is 0 Å². The molecule has 1 aromatic carbocycles. The number of nitrogens with one attached hydrogen (secondary N) is 1. The lowest BCUT2D eigenvalue weighted by atomic mass is 10.2. The molecule has 1 aromatic heterocycles. The molecule has 116 valence electrons. The van der Waals surface area contributed by atoms with Crippen molar-refractivity contribution in [3.8, 4) is 5.75 Å². The fraction of sp³-hybridized carbons (Fsp3) is 0.375. The van der Waals surface area contributed by atoms with E-state index in [1.165, 1.54) is 0 Å². The van der Waals surface area contributed by atoms with Crippen molar-refractivity contribution in [2.45, 2.75) is 6.04 Å². The number of rotatable bonds is 4. The summed E-state index contributed by atoms with van der Waals surface area (Å²) in [6, 6.07) is 7.96. The molecule has 2 aromatic rings. The zero-order valence-electron chi connectivity index (χ0n) is 12.8. The van der Waals surface area contributed by atoms with Crippen molar-refractivity contribution in [3.05, 3.63) is 41.5 Å². The second-order valence-corrected chi connectivity index (χ2v) is 5.30. The Morgan fingerprint density at radius 1 is 1.32 bits per heavy atom. The van der Waals surface area contributed by atoms with Gasteiger partial charge in [0.15, 0.2) is 5.82 Å². The van der Waals surface area contributed by atoms with Gasteiger partial charge >= 0.3 is 0 Å². The molecule has 0 radical (unpaired) electrons. The minimum Gasteiger partial charge on any atom is -0.497 e. The van der Waals surface area contributed by atoms with Crippen molar-refractivity contribution < 1.29 is 9.26 Å². The van der Waals surface area contributed by atoms with Crippen LogP contribution in [0, 0.1) is 0 Å². The van der Waals surface area contributed by atoms with Gasteiger partial charge in [0.1, 0.15) is 5.75 Å². The Bertz CT molecular complexity index is 636. The first-order chi connectivity index (χ1) is 10.8. The van der Waals surface area contributed by atoms with Crippen molar-refractivity contribution in [3.63, 3.8) is 0 Å². The zero-order valence-corrected chi connectivity index (χ0v) is 12.8. The molecule has 6 heteroatoms. The summed E-state index contributed by atoms with van der Waals surface area (Å²) < 4.78 is 10.4. The molecule has 0 spiro atoms. The van der Waals surface area contributed by atoms with Crippen molar-refractivity contribution in [2.24, 2.45) is 0 Å². The number of hydrogen-bond acceptors (Lipinski definition) is 6. The molecule has 0 amide bonds. The summed E-state index contributed by atoms with van der Waals surface area (Å²) in [5.41, 5.74) is 1.05. The quantitative estimate of drug-likeness (QED) is 0.929. The highest BCUT2D eigenvalue weighted by molar-refractivity contribution is 5.66. The summed E-state index contributed by atoms with van der Waals surface area (Å²) in [7, 11) is 3.73. The first kappa shape index (κ1) is 14.7. The predicted octanol–water partition coefficient (Wildman–Crippen LogP) is 1.82. The summed E-state index contributed by atoms with van der Waals surface area (Å²) in [5, 5.41) is 7.44. The molecule has 22 heavy (non-hydrogen) atoms. The molecular formula is C16H20N4O2. The third-order valence-electron chi connectivity index (χ3n) is 3.80. The molecule has 0 aliphatic carbocycles. The monoisotopic (exact) mass is 300 g/mol. The van der Waals surface area contributed by atoms with Crippen LogP contribution in [0.1, 0.15) is 23.3 Å². The second kappa shape index (κ2) is 6.72. The van der Waals surface area contributed by atoms with Crippen molar-refractivity contribution in [1.82, 2.24) is 20.4 Å². The van der Waals surface area contributed by atoms with Crippen LogP contribution in [-0.4, -0.2) is 48.8 Å². The van der Waals surface area contributed by atoms with Crippen LogP contribution in [0.5, 0.6) is 5.75 Å². The Hall–Kier alpha value is -2.18. The van der Waals surface area contributed by atoms with E-state index in [1.807, 2.05) is 36.4 Å². The standard InChI is InChI=1S/C16H20N4O2/c1-20-10-9-17-11-14(20)16-18-15(22-19-16)8-5-12-3-6-13(21-2)7-4-12/h3-8,14,17H,9-11H2,1-2H3/b8-5+. The Kier molecular flexibility index (Phi) is 4.50. The van der Waals surface area contributed by atoms with Gasteiger partial charge in [-0.05, 0) is 30.8 Å². The SMILES string of the molecule is COc1ccc(/C=C/c2nc(C3CNCCN3C)no2)cc1. The maximum atomic E-state index is 5.31. The van der Waals surface area contributed by atoms with Crippen LogP contribution >= 0.6 is 0 Å². The van der Waals surface area contributed by atoms with Crippen LogP contribution < -0.4 is 10.1 Å². The van der Waals surface area contributed by atoms with E-state index < -0.39 is 0 Å². The van der Waals surface area contributed by atoms with Crippen LogP contribution in [0.4, 0.5) is 0 Å². The first-order valence-corrected chi connectivity index (χ1v) is 7.33. The molecule has 6 nitrogen and oxygen atoms in total. The minimum atomic E-state index is 0.167. The molecule has 0 saturated carbocycles. The van der Waals surface area contributed by atoms with Crippen molar-refractivity contribution in [1.29, 1.82) is 0 Å². The number of aromatic nitrogens is 2. The van der Waals surface area contributed by atoms with E-state index in [1.54, 1.807) is 7.11 Å². The van der Waals surface area contributed by atoms with E-state index in [2.05, 4.69) is 27.4 Å². The van der Waals surface area contributed by atoms with Gasteiger partial charge in [-0.15, -0.1) is 0 Å². The Morgan fingerprint density at radius 2 is 2.14 bits per heavy atom. The van der Waals surface area contributed by atoms with Gasteiger partial charge in [-0.3, -0.25) is 4.90 Å². The summed E-state index contributed by atoms with van der Waals surface area (Å²) in [6.07, 6.45) is 3.77. The van der Waals surface area contributed by atoms with E-state index in [0.717, 1.165) is 36.8 Å². The molecule has 1 aliphatic rings. The first-order valence-electron chi connectivity index (χ1n) is 7.33. The number of likely N-dealkylation sites (N-methyl/N-ethyl adjacent to an activating group) is 1. The predicted molar refractivity (Wildman–Crippen MR) is 84.5 cm³/mol. The molecule has 1 atom stereocenters. The largest absolute Gasteiger partial charge is 0.497 e. The summed E-state index contributed by atoms with van der Waals surface area (Å²) in [6.45, 7) is 2.82. The third-order valence-corrected chi connectivity index (χ3v) is 3.80. The van der Waals surface area contributed by atoms with Gasteiger partial charge in [0.25, 0.3) is 5.89 Å². The van der Waals surface area contributed by atoms with Gasteiger partial charge in [0.2, 0.25) is 0 Å². The molecular weight excluding hydrogens is 280 g/mol. The molecule has 2 heterocycles. The van der Waals surface area contributed by atoms with Gasteiger partial charge in [-0.2, -0.15) is 4.98 Å². The highest BCUT2D eigenvalue weighted by Crippen LogP contribution is 2.18.